The number of rotatable bonds is 4. The smallest absolute Gasteiger partial charge is 0.872 e. The molecule has 244 valence electrons. The molecule has 0 aliphatic carbocycles. The predicted octanol–water partition coefficient (Wildman–Crippen LogP) is 9.32. The van der Waals surface area contributed by atoms with E-state index in [2.05, 4.69) is 83.1 Å². The number of hydrogen-bond donors (Lipinski definition) is 0. The zero-order valence-corrected chi connectivity index (χ0v) is 33.4. The van der Waals surface area contributed by atoms with Gasteiger partial charge in [0.05, 0.1) is 11.4 Å². The van der Waals surface area contributed by atoms with E-state index < -0.39 is 0 Å². The van der Waals surface area contributed by atoms with Crippen molar-refractivity contribution >= 4 is 23.8 Å². The number of aliphatic imine (C=N–C) groups is 2. The number of nitrogens with zero attached hydrogens (tertiary/aromatic N) is 2. The van der Waals surface area contributed by atoms with Crippen molar-refractivity contribution < 1.29 is 34.4 Å². The molecule has 0 spiro atoms. The molecule has 3 aromatic carbocycles. The molecule has 1 aliphatic rings. The van der Waals surface area contributed by atoms with Crippen LogP contribution in [0.3, 0.4) is 0 Å². The van der Waals surface area contributed by atoms with Crippen molar-refractivity contribution in [3.05, 3.63) is 81.9 Å². The molecule has 0 radical (unpaired) electrons. The molecular formula is C40H54N2O3Zn. The third kappa shape index (κ3) is 10.6. The first-order valence-corrected chi connectivity index (χ1v) is 16.2. The number of ether oxygens (including phenoxy) is 1. The fraction of sp³-hybridized carbons (Fsp3) is 0.500. The van der Waals surface area contributed by atoms with E-state index in [9.17, 15) is 10.2 Å². The summed E-state index contributed by atoms with van der Waals surface area (Å²) in [6, 6.07) is 15.5. The van der Waals surface area contributed by atoms with Gasteiger partial charge in [0.15, 0.2) is 0 Å². The van der Waals surface area contributed by atoms with Gasteiger partial charge in [-0.2, -0.15) is 0 Å². The molecule has 0 aromatic heterocycles. The van der Waals surface area contributed by atoms with Gasteiger partial charge in [0.1, 0.15) is 0 Å². The fourth-order valence-corrected chi connectivity index (χ4v) is 4.95. The minimum Gasteiger partial charge on any atom is -0.872 e. The van der Waals surface area contributed by atoms with Crippen LogP contribution in [0.15, 0.2) is 58.5 Å². The Hall–Kier alpha value is -2.82. The third-order valence-corrected chi connectivity index (χ3v) is 7.98. The van der Waals surface area contributed by atoms with E-state index in [0.717, 1.165) is 35.5 Å². The van der Waals surface area contributed by atoms with Crippen LogP contribution in [0.2, 0.25) is 0 Å². The SMILES string of the molecule is C1CCOC1.CC(C)(C)c1cc(C=Nc2ccccc2N=Cc2cc(C(C)(C)C)cc(C(C)(C)C)c2[O-])c([O-])c(C(C)(C)C)c1.[Zn+2]. The Balaban J connectivity index is 0.00000112. The average molecular weight is 676 g/mol. The largest absolute Gasteiger partial charge is 2.00 e. The molecule has 1 aliphatic heterocycles. The van der Waals surface area contributed by atoms with E-state index in [1.165, 1.54) is 12.8 Å². The molecule has 4 rings (SSSR count). The Morgan fingerprint density at radius 2 is 0.913 bits per heavy atom. The first-order chi connectivity index (χ1) is 20.7. The Kier molecular flexibility index (Phi) is 13.2. The number of hydrogen-bond acceptors (Lipinski definition) is 5. The molecule has 0 atom stereocenters. The fourth-order valence-electron chi connectivity index (χ4n) is 4.95. The summed E-state index contributed by atoms with van der Waals surface area (Å²) in [6.45, 7) is 27.2. The van der Waals surface area contributed by atoms with E-state index in [1.54, 1.807) is 12.4 Å². The molecule has 1 saturated heterocycles. The van der Waals surface area contributed by atoms with Crippen molar-refractivity contribution in [2.24, 2.45) is 9.98 Å². The van der Waals surface area contributed by atoms with E-state index in [-0.39, 0.29) is 52.6 Å². The van der Waals surface area contributed by atoms with Crippen LogP contribution >= 0.6 is 0 Å². The molecule has 0 unspecified atom stereocenters. The van der Waals surface area contributed by atoms with Gasteiger partial charge in [-0.25, -0.2) is 0 Å². The molecule has 0 saturated carbocycles. The van der Waals surface area contributed by atoms with Crippen molar-refractivity contribution in [1.82, 2.24) is 0 Å². The quantitative estimate of drug-likeness (QED) is 0.204. The average Bonchev–Trinajstić information content (AvgIpc) is 3.50. The summed E-state index contributed by atoms with van der Waals surface area (Å²) in [7, 11) is 0. The van der Waals surface area contributed by atoms with Gasteiger partial charge in [0.25, 0.3) is 0 Å². The summed E-state index contributed by atoms with van der Waals surface area (Å²) in [4.78, 5) is 9.43. The molecule has 1 heterocycles. The van der Waals surface area contributed by atoms with Crippen molar-refractivity contribution in [3.8, 4) is 11.5 Å². The summed E-state index contributed by atoms with van der Waals surface area (Å²) >= 11 is 0. The first-order valence-electron chi connectivity index (χ1n) is 16.2. The molecular weight excluding hydrogens is 622 g/mol. The maximum Gasteiger partial charge on any atom is 2.00 e. The van der Waals surface area contributed by atoms with Gasteiger partial charge >= 0.3 is 19.5 Å². The maximum absolute atomic E-state index is 13.4. The molecule has 1 fully saturated rings. The van der Waals surface area contributed by atoms with Gasteiger partial charge in [-0.1, -0.05) is 131 Å². The van der Waals surface area contributed by atoms with Crippen LogP contribution in [0, 0.1) is 0 Å². The second-order valence-corrected chi connectivity index (χ2v) is 16.2. The van der Waals surface area contributed by atoms with E-state index in [0.29, 0.717) is 22.5 Å². The molecule has 0 amide bonds. The van der Waals surface area contributed by atoms with Crippen LogP contribution in [0.25, 0.3) is 0 Å². The van der Waals surface area contributed by atoms with Gasteiger partial charge in [0, 0.05) is 25.6 Å². The standard InChI is InChI=1S/C36H48N2O2.C4H8O.Zn/c1-33(2,3)25-17-23(31(39)27(19-25)35(7,8)9)21-37-29-15-13-14-16-30(29)38-22-24-18-26(34(4,5)6)20-28(32(24)40)36(10,11)12;1-2-4-5-3-1;/h13-22,39-40H,1-12H3;1-4H2;/q;;+2/p-2. The van der Waals surface area contributed by atoms with Gasteiger partial charge in [-0.15, -0.1) is 0 Å². The van der Waals surface area contributed by atoms with Crippen LogP contribution in [-0.4, -0.2) is 25.6 Å². The van der Waals surface area contributed by atoms with E-state index in [4.69, 9.17) is 14.7 Å². The zero-order valence-electron chi connectivity index (χ0n) is 30.4. The van der Waals surface area contributed by atoms with Crippen LogP contribution < -0.4 is 10.2 Å². The van der Waals surface area contributed by atoms with E-state index in [1.807, 2.05) is 48.5 Å². The first kappa shape index (κ1) is 39.4. The topological polar surface area (TPSA) is 80.1 Å². The van der Waals surface area contributed by atoms with Crippen LogP contribution in [0.1, 0.15) is 129 Å². The second kappa shape index (κ2) is 15.4. The zero-order chi connectivity index (χ0) is 33.8. The van der Waals surface area contributed by atoms with Gasteiger partial charge in [0.2, 0.25) is 0 Å². The third-order valence-electron chi connectivity index (χ3n) is 7.98. The van der Waals surface area contributed by atoms with Crippen molar-refractivity contribution in [2.45, 2.75) is 118 Å². The number of para-hydroxylation sites is 2. The molecule has 46 heavy (non-hydrogen) atoms. The van der Waals surface area contributed by atoms with Gasteiger partial charge in [-0.05, 0) is 80.0 Å². The molecule has 0 bridgehead atoms. The van der Waals surface area contributed by atoms with Gasteiger partial charge < -0.3 is 14.9 Å². The maximum atomic E-state index is 13.4. The van der Waals surface area contributed by atoms with Crippen molar-refractivity contribution in [1.29, 1.82) is 0 Å². The summed E-state index contributed by atoms with van der Waals surface area (Å²) in [5.41, 5.74) is 5.36. The predicted molar refractivity (Wildman–Crippen MR) is 188 cm³/mol. The van der Waals surface area contributed by atoms with Crippen LogP contribution in [0.5, 0.6) is 11.5 Å². The van der Waals surface area contributed by atoms with Crippen molar-refractivity contribution in [2.75, 3.05) is 13.2 Å². The minimum absolute atomic E-state index is 0. The summed E-state index contributed by atoms with van der Waals surface area (Å²) in [5.74, 6) is -0.00938. The molecule has 3 aromatic rings. The normalized spacial score (nSPS) is 14.3. The Bertz CT molecular complexity index is 1410. The molecule has 5 nitrogen and oxygen atoms in total. The van der Waals surface area contributed by atoms with Gasteiger partial charge in [-0.3, -0.25) is 9.98 Å². The summed E-state index contributed by atoms with van der Waals surface area (Å²) in [6.07, 6.45) is 5.86. The summed E-state index contributed by atoms with van der Waals surface area (Å²) < 4.78 is 4.94. The minimum atomic E-state index is -0.285. The molecule has 6 heteroatoms. The Morgan fingerprint density at radius 3 is 1.17 bits per heavy atom. The number of benzene rings is 3. The Labute approximate surface area is 291 Å². The van der Waals surface area contributed by atoms with E-state index >= 15 is 0 Å². The van der Waals surface area contributed by atoms with Crippen molar-refractivity contribution in [3.63, 3.8) is 0 Å². The van der Waals surface area contributed by atoms with Crippen LogP contribution in [0.4, 0.5) is 11.4 Å². The second-order valence-electron chi connectivity index (χ2n) is 16.2. The monoisotopic (exact) mass is 674 g/mol. The molecule has 0 N–H and O–H groups in total. The Morgan fingerprint density at radius 1 is 0.565 bits per heavy atom. The van der Waals surface area contributed by atoms with Crippen LogP contribution in [-0.2, 0) is 45.9 Å². The summed E-state index contributed by atoms with van der Waals surface area (Å²) in [5, 5.41) is 26.8.